The van der Waals surface area contributed by atoms with Crippen molar-refractivity contribution in [1.82, 2.24) is 0 Å². The van der Waals surface area contributed by atoms with Gasteiger partial charge in [-0.3, -0.25) is 8.37 Å². The summed E-state index contributed by atoms with van der Waals surface area (Å²) in [4.78, 5) is 0. The highest BCUT2D eigenvalue weighted by Crippen LogP contribution is 2.05. The van der Waals surface area contributed by atoms with E-state index in [9.17, 15) is 0 Å². The molecule has 0 aromatic rings. The van der Waals surface area contributed by atoms with Crippen molar-refractivity contribution in [2.75, 3.05) is 26.4 Å². The third-order valence-corrected chi connectivity index (χ3v) is 1.50. The van der Waals surface area contributed by atoms with Crippen molar-refractivity contribution in [3.05, 3.63) is 0 Å². The summed E-state index contributed by atoms with van der Waals surface area (Å²) in [5.74, 6) is 0. The molecular weight excluding hydrogens is 200 g/mol. The van der Waals surface area contributed by atoms with Crippen LogP contribution in [0.4, 0.5) is 0 Å². The average Bonchev–Trinajstić information content (AvgIpc) is 2.16. The number of aliphatic hydroxyl groups is 4. The predicted octanol–water partition coefficient (Wildman–Crippen LogP) is -1.71. The Balaban J connectivity index is 3.08. The average molecular weight is 214 g/mol. The maximum Gasteiger partial charge on any atom is 0.158 e. The molecule has 6 nitrogen and oxygen atoms in total. The van der Waals surface area contributed by atoms with Gasteiger partial charge in [-0.15, -0.1) is 0 Å². The van der Waals surface area contributed by atoms with E-state index in [1.165, 1.54) is 0 Å². The highest BCUT2D eigenvalue weighted by atomic mass is 32.2. The van der Waals surface area contributed by atoms with Gasteiger partial charge in [0.05, 0.1) is 26.4 Å². The van der Waals surface area contributed by atoms with E-state index in [0.29, 0.717) is 12.3 Å². The van der Waals surface area contributed by atoms with Crippen LogP contribution in [0.25, 0.3) is 0 Å². The lowest BCUT2D eigenvalue weighted by molar-refractivity contribution is 0.0445. The van der Waals surface area contributed by atoms with Crippen LogP contribution >= 0.6 is 12.3 Å². The Kier molecular flexibility index (Phi) is 8.77. The maximum absolute atomic E-state index is 8.78. The Morgan fingerprint density at radius 1 is 0.923 bits per heavy atom. The summed E-state index contributed by atoms with van der Waals surface area (Å²) in [6.45, 7) is -0.869. The molecule has 13 heavy (non-hydrogen) atoms. The van der Waals surface area contributed by atoms with Crippen molar-refractivity contribution >= 4 is 12.3 Å². The van der Waals surface area contributed by atoms with Crippen LogP contribution in [0.15, 0.2) is 0 Å². The fraction of sp³-hybridized carbons (Fsp3) is 1.00. The van der Waals surface area contributed by atoms with Gasteiger partial charge < -0.3 is 20.4 Å². The number of aliphatic hydroxyl groups excluding tert-OH is 4. The summed E-state index contributed by atoms with van der Waals surface area (Å²) in [5, 5.41) is 34.3. The van der Waals surface area contributed by atoms with Crippen molar-refractivity contribution < 1.29 is 28.8 Å². The lowest BCUT2D eigenvalue weighted by Crippen LogP contribution is -2.19. The third kappa shape index (κ3) is 8.44. The minimum atomic E-state index is -0.932. The van der Waals surface area contributed by atoms with Crippen LogP contribution in [0.3, 0.4) is 0 Å². The Morgan fingerprint density at radius 2 is 1.31 bits per heavy atom. The fourth-order valence-electron chi connectivity index (χ4n) is 0.352. The maximum atomic E-state index is 8.78. The first-order valence-electron chi connectivity index (χ1n) is 3.69. The smallest absolute Gasteiger partial charge is 0.158 e. The Labute approximate surface area is 80.5 Å². The van der Waals surface area contributed by atoms with Crippen LogP contribution in [0.1, 0.15) is 0 Å². The highest BCUT2D eigenvalue weighted by Gasteiger charge is 2.04. The molecule has 0 heterocycles. The summed E-state index contributed by atoms with van der Waals surface area (Å²) in [6.07, 6.45) is -1.86. The molecule has 0 aliphatic rings. The van der Waals surface area contributed by atoms with Crippen molar-refractivity contribution in [2.45, 2.75) is 12.2 Å². The van der Waals surface area contributed by atoms with E-state index in [2.05, 4.69) is 8.37 Å². The van der Waals surface area contributed by atoms with Crippen LogP contribution < -0.4 is 0 Å². The SMILES string of the molecule is OCC(O)COSOCC(O)CO. The molecule has 0 bridgehead atoms. The zero-order valence-corrected chi connectivity index (χ0v) is 7.81. The monoisotopic (exact) mass is 214 g/mol. The Bertz CT molecular complexity index is 101. The van der Waals surface area contributed by atoms with Crippen LogP contribution in [0.5, 0.6) is 0 Å². The van der Waals surface area contributed by atoms with Gasteiger partial charge in [0.1, 0.15) is 12.2 Å². The van der Waals surface area contributed by atoms with Crippen molar-refractivity contribution in [2.24, 2.45) is 0 Å². The van der Waals surface area contributed by atoms with Gasteiger partial charge in [-0.05, 0) is 0 Å². The Hall–Kier alpha value is 0.110. The molecule has 0 amide bonds. The zero-order valence-electron chi connectivity index (χ0n) is 7.00. The standard InChI is InChI=1S/C6H14O6S/c7-1-5(9)3-11-13-12-4-6(10)2-8/h5-10H,1-4H2. The highest BCUT2D eigenvalue weighted by molar-refractivity contribution is 7.89. The molecule has 0 aliphatic carbocycles. The number of rotatable bonds is 8. The summed E-state index contributed by atoms with van der Waals surface area (Å²) in [6, 6.07) is 0. The largest absolute Gasteiger partial charge is 0.394 e. The van der Waals surface area contributed by atoms with Gasteiger partial charge in [0, 0.05) is 0 Å². The van der Waals surface area contributed by atoms with Gasteiger partial charge in [0.25, 0.3) is 0 Å². The van der Waals surface area contributed by atoms with E-state index < -0.39 is 12.2 Å². The molecule has 0 saturated carbocycles. The van der Waals surface area contributed by atoms with Gasteiger partial charge in [-0.2, -0.15) is 0 Å². The molecule has 80 valence electrons. The molecule has 0 saturated heterocycles. The van der Waals surface area contributed by atoms with Gasteiger partial charge in [0.2, 0.25) is 0 Å². The molecule has 7 heteroatoms. The fourth-order valence-corrected chi connectivity index (χ4v) is 0.845. The Morgan fingerprint density at radius 3 is 1.62 bits per heavy atom. The van der Waals surface area contributed by atoms with E-state index in [1.807, 2.05) is 0 Å². The van der Waals surface area contributed by atoms with Crippen LogP contribution in [0, 0.1) is 0 Å². The molecule has 2 unspecified atom stereocenters. The first-order chi connectivity index (χ1) is 6.20. The van der Waals surface area contributed by atoms with Crippen molar-refractivity contribution in [1.29, 1.82) is 0 Å². The second kappa shape index (κ2) is 8.70. The molecule has 0 fully saturated rings. The summed E-state index contributed by atoms with van der Waals surface area (Å²) >= 11 is 0.598. The molecule has 2 atom stereocenters. The second-order valence-electron chi connectivity index (χ2n) is 2.31. The van der Waals surface area contributed by atoms with E-state index in [4.69, 9.17) is 20.4 Å². The molecule has 0 spiro atoms. The first-order valence-corrected chi connectivity index (χ1v) is 4.36. The van der Waals surface area contributed by atoms with Gasteiger partial charge >= 0.3 is 0 Å². The number of hydrogen-bond acceptors (Lipinski definition) is 7. The summed E-state index contributed by atoms with van der Waals surface area (Å²) < 4.78 is 9.35. The van der Waals surface area contributed by atoms with Crippen molar-refractivity contribution in [3.8, 4) is 0 Å². The minimum absolute atomic E-state index is 0.0591. The van der Waals surface area contributed by atoms with E-state index in [-0.39, 0.29) is 26.4 Å². The molecular formula is C6H14O6S. The van der Waals surface area contributed by atoms with Gasteiger partial charge in [-0.25, -0.2) is 0 Å². The van der Waals surface area contributed by atoms with Crippen LogP contribution in [0.2, 0.25) is 0 Å². The predicted molar refractivity (Wildman–Crippen MR) is 45.7 cm³/mol. The third-order valence-electron chi connectivity index (χ3n) is 1.04. The normalized spacial score (nSPS) is 15.7. The van der Waals surface area contributed by atoms with Crippen LogP contribution in [-0.4, -0.2) is 59.1 Å². The zero-order chi connectivity index (χ0) is 10.1. The van der Waals surface area contributed by atoms with Gasteiger partial charge in [-0.1, -0.05) is 0 Å². The molecule has 0 aromatic heterocycles. The lowest BCUT2D eigenvalue weighted by Gasteiger charge is -2.08. The second-order valence-corrected chi connectivity index (χ2v) is 2.92. The summed E-state index contributed by atoms with van der Waals surface area (Å²) in [5.41, 5.74) is 0. The topological polar surface area (TPSA) is 99.4 Å². The summed E-state index contributed by atoms with van der Waals surface area (Å²) in [7, 11) is 0. The van der Waals surface area contributed by atoms with Crippen molar-refractivity contribution in [3.63, 3.8) is 0 Å². The van der Waals surface area contributed by atoms with Crippen LogP contribution in [-0.2, 0) is 8.37 Å². The molecule has 0 aliphatic heterocycles. The van der Waals surface area contributed by atoms with E-state index in [1.54, 1.807) is 0 Å². The minimum Gasteiger partial charge on any atom is -0.394 e. The van der Waals surface area contributed by atoms with E-state index in [0.717, 1.165) is 0 Å². The lowest BCUT2D eigenvalue weighted by atomic mass is 10.4. The first kappa shape index (κ1) is 13.1. The molecule has 4 N–H and O–H groups in total. The molecule has 0 aromatic carbocycles. The quantitative estimate of drug-likeness (QED) is 0.282. The number of hydrogen-bond donors (Lipinski definition) is 4. The van der Waals surface area contributed by atoms with Gasteiger partial charge in [0.15, 0.2) is 12.3 Å². The van der Waals surface area contributed by atoms with E-state index >= 15 is 0 Å². The molecule has 0 radical (unpaired) electrons. The molecule has 0 rings (SSSR count).